The number of halogens is 3. The molecule has 1 aromatic rings. The molecule has 1 aromatic carbocycles. The average Bonchev–Trinajstić information content (AvgIpc) is 2.98. The van der Waals surface area contributed by atoms with Gasteiger partial charge in [0.15, 0.2) is 11.6 Å². The summed E-state index contributed by atoms with van der Waals surface area (Å²) in [4.78, 5) is 11.7. The van der Waals surface area contributed by atoms with Crippen LogP contribution >= 0.6 is 27.5 Å². The summed E-state index contributed by atoms with van der Waals surface area (Å²) in [6, 6.07) is 3.08. The Morgan fingerprint density at radius 1 is 1.53 bits per heavy atom. The van der Waals surface area contributed by atoms with Crippen LogP contribution in [0, 0.1) is 11.7 Å². The third-order valence-corrected chi connectivity index (χ3v) is 3.77. The number of hydrogen-bond donors (Lipinski definition) is 0. The molecule has 0 unspecified atom stereocenters. The summed E-state index contributed by atoms with van der Waals surface area (Å²) < 4.78 is 14.1. The van der Waals surface area contributed by atoms with Crippen LogP contribution in [0.1, 0.15) is 29.6 Å². The van der Waals surface area contributed by atoms with Crippen molar-refractivity contribution < 1.29 is 9.18 Å². The molecule has 15 heavy (non-hydrogen) atoms. The molecule has 0 heterocycles. The molecule has 0 spiro atoms. The maximum absolute atomic E-state index is 13.6. The van der Waals surface area contributed by atoms with E-state index in [0.717, 1.165) is 12.8 Å². The van der Waals surface area contributed by atoms with E-state index in [1.165, 1.54) is 6.07 Å². The van der Waals surface area contributed by atoms with E-state index in [1.54, 1.807) is 6.07 Å². The van der Waals surface area contributed by atoms with Gasteiger partial charge < -0.3 is 0 Å². The van der Waals surface area contributed by atoms with Crippen LogP contribution < -0.4 is 0 Å². The van der Waals surface area contributed by atoms with Gasteiger partial charge in [0.1, 0.15) is 0 Å². The largest absolute Gasteiger partial charge is 0.294 e. The zero-order chi connectivity index (χ0) is 11.0. The molecular formula is C11H9BrClFO. The molecule has 0 amide bonds. The summed E-state index contributed by atoms with van der Waals surface area (Å²) in [6.45, 7) is 0. The van der Waals surface area contributed by atoms with E-state index in [1.807, 2.05) is 0 Å². The number of hydrogen-bond acceptors (Lipinski definition) is 1. The van der Waals surface area contributed by atoms with Gasteiger partial charge in [-0.1, -0.05) is 11.6 Å². The van der Waals surface area contributed by atoms with Crippen molar-refractivity contribution >= 4 is 33.3 Å². The van der Waals surface area contributed by atoms with Gasteiger partial charge in [-0.3, -0.25) is 4.79 Å². The molecule has 2 rings (SSSR count). The zero-order valence-corrected chi connectivity index (χ0v) is 10.2. The molecule has 0 bridgehead atoms. The molecule has 4 heteroatoms. The van der Waals surface area contributed by atoms with Crippen molar-refractivity contribution in [2.45, 2.75) is 19.3 Å². The van der Waals surface area contributed by atoms with Gasteiger partial charge >= 0.3 is 0 Å². The van der Waals surface area contributed by atoms with Crippen LogP contribution in [-0.4, -0.2) is 5.78 Å². The van der Waals surface area contributed by atoms with Crippen molar-refractivity contribution in [3.05, 3.63) is 33.0 Å². The monoisotopic (exact) mass is 290 g/mol. The van der Waals surface area contributed by atoms with Crippen LogP contribution in [0.2, 0.25) is 5.02 Å². The fourth-order valence-electron chi connectivity index (χ4n) is 1.44. The Hall–Kier alpha value is -0.410. The van der Waals surface area contributed by atoms with Gasteiger partial charge in [0.05, 0.1) is 10.6 Å². The highest BCUT2D eigenvalue weighted by Gasteiger charge is 2.26. The predicted octanol–water partition coefficient (Wildman–Crippen LogP) is 4.22. The van der Waals surface area contributed by atoms with E-state index in [2.05, 4.69) is 15.9 Å². The first-order chi connectivity index (χ1) is 7.09. The minimum absolute atomic E-state index is 0.0170. The van der Waals surface area contributed by atoms with Crippen molar-refractivity contribution in [3.8, 4) is 0 Å². The molecular weight excluding hydrogens is 282 g/mol. The minimum atomic E-state index is -0.614. The van der Waals surface area contributed by atoms with Crippen molar-refractivity contribution in [2.24, 2.45) is 5.92 Å². The summed E-state index contributed by atoms with van der Waals surface area (Å²) in [5, 5.41) is -0.0170. The van der Waals surface area contributed by atoms with Gasteiger partial charge in [0.2, 0.25) is 0 Å². The second-order valence-corrected chi connectivity index (χ2v) is 5.03. The molecule has 1 saturated carbocycles. The van der Waals surface area contributed by atoms with E-state index in [9.17, 15) is 9.18 Å². The normalized spacial score (nSPS) is 15.4. The van der Waals surface area contributed by atoms with Crippen LogP contribution in [0.3, 0.4) is 0 Å². The maximum Gasteiger partial charge on any atom is 0.166 e. The SMILES string of the molecule is O=C(CC1CC1)c1ccc(Br)c(Cl)c1F. The van der Waals surface area contributed by atoms with E-state index >= 15 is 0 Å². The molecule has 1 aliphatic rings. The van der Waals surface area contributed by atoms with Crippen molar-refractivity contribution in [1.29, 1.82) is 0 Å². The first-order valence-electron chi connectivity index (χ1n) is 4.76. The molecule has 1 aliphatic carbocycles. The Morgan fingerprint density at radius 3 is 2.80 bits per heavy atom. The fourth-order valence-corrected chi connectivity index (χ4v) is 1.91. The summed E-state index contributed by atoms with van der Waals surface area (Å²) >= 11 is 8.81. The molecule has 0 radical (unpaired) electrons. The molecule has 0 aromatic heterocycles. The molecule has 0 saturated heterocycles. The van der Waals surface area contributed by atoms with Gasteiger partial charge in [-0.25, -0.2) is 4.39 Å². The maximum atomic E-state index is 13.6. The molecule has 0 N–H and O–H groups in total. The van der Waals surface area contributed by atoms with Gasteiger partial charge in [0.25, 0.3) is 0 Å². The minimum Gasteiger partial charge on any atom is -0.294 e. The van der Waals surface area contributed by atoms with Crippen LogP contribution in [-0.2, 0) is 0 Å². The standard InChI is InChI=1S/C11H9BrClFO/c12-8-4-3-7(11(14)10(8)13)9(15)5-6-1-2-6/h3-4,6H,1-2,5H2. The number of ketones is 1. The first kappa shape index (κ1) is 11.1. The van der Waals surface area contributed by atoms with Crippen LogP contribution in [0.5, 0.6) is 0 Å². The fraction of sp³-hybridized carbons (Fsp3) is 0.364. The van der Waals surface area contributed by atoms with Gasteiger partial charge in [-0.05, 0) is 46.8 Å². The van der Waals surface area contributed by atoms with Gasteiger partial charge in [0, 0.05) is 10.9 Å². The Labute approximate surface area is 101 Å². The molecule has 0 atom stereocenters. The van der Waals surface area contributed by atoms with E-state index in [0.29, 0.717) is 16.8 Å². The Kier molecular flexibility index (Phi) is 3.12. The molecule has 1 fully saturated rings. The van der Waals surface area contributed by atoms with Crippen LogP contribution in [0.15, 0.2) is 16.6 Å². The second-order valence-electron chi connectivity index (χ2n) is 3.79. The van der Waals surface area contributed by atoms with Crippen LogP contribution in [0.4, 0.5) is 4.39 Å². The van der Waals surface area contributed by atoms with Gasteiger partial charge in [-0.2, -0.15) is 0 Å². The third-order valence-electron chi connectivity index (χ3n) is 2.51. The van der Waals surface area contributed by atoms with Crippen LogP contribution in [0.25, 0.3) is 0 Å². The van der Waals surface area contributed by atoms with Crippen molar-refractivity contribution in [1.82, 2.24) is 0 Å². The highest BCUT2D eigenvalue weighted by Crippen LogP contribution is 2.35. The number of benzene rings is 1. The Balaban J connectivity index is 2.26. The van der Waals surface area contributed by atoms with Gasteiger partial charge in [-0.15, -0.1) is 0 Å². The smallest absolute Gasteiger partial charge is 0.166 e. The lowest BCUT2D eigenvalue weighted by molar-refractivity contribution is 0.0972. The van der Waals surface area contributed by atoms with E-state index < -0.39 is 5.82 Å². The number of carbonyl (C=O) groups excluding carboxylic acids is 1. The molecule has 0 aliphatic heterocycles. The lowest BCUT2D eigenvalue weighted by Gasteiger charge is -2.04. The second kappa shape index (κ2) is 4.22. The quantitative estimate of drug-likeness (QED) is 0.602. The topological polar surface area (TPSA) is 17.1 Å². The van der Waals surface area contributed by atoms with E-state index in [-0.39, 0.29) is 16.4 Å². The average molecular weight is 292 g/mol. The van der Waals surface area contributed by atoms with Crippen molar-refractivity contribution in [3.63, 3.8) is 0 Å². The summed E-state index contributed by atoms with van der Waals surface area (Å²) in [6.07, 6.45) is 2.60. The highest BCUT2D eigenvalue weighted by atomic mass is 79.9. The summed E-state index contributed by atoms with van der Waals surface area (Å²) in [7, 11) is 0. The first-order valence-corrected chi connectivity index (χ1v) is 5.93. The third kappa shape index (κ3) is 2.40. The lowest BCUT2D eigenvalue weighted by atomic mass is 10.1. The Morgan fingerprint density at radius 2 is 2.20 bits per heavy atom. The molecule has 80 valence electrons. The summed E-state index contributed by atoms with van der Waals surface area (Å²) in [5.41, 5.74) is 0.107. The highest BCUT2D eigenvalue weighted by molar-refractivity contribution is 9.10. The number of carbonyl (C=O) groups is 1. The number of rotatable bonds is 3. The predicted molar refractivity (Wildman–Crippen MR) is 60.8 cm³/mol. The Bertz CT molecular complexity index is 415. The van der Waals surface area contributed by atoms with E-state index in [4.69, 9.17) is 11.6 Å². The summed E-state index contributed by atoms with van der Waals surface area (Å²) in [5.74, 6) is -0.305. The van der Waals surface area contributed by atoms with Crippen molar-refractivity contribution in [2.75, 3.05) is 0 Å². The number of Topliss-reactive ketones (excluding diaryl/α,β-unsaturated/α-hetero) is 1. The molecule has 1 nitrogen and oxygen atoms in total. The lowest BCUT2D eigenvalue weighted by Crippen LogP contribution is -2.03. The zero-order valence-electron chi connectivity index (χ0n) is 7.90.